The Bertz CT molecular complexity index is 761. The first kappa shape index (κ1) is 17.6. The van der Waals surface area contributed by atoms with E-state index in [1.807, 2.05) is 42.6 Å². The van der Waals surface area contributed by atoms with E-state index in [1.165, 1.54) is 24.3 Å². The van der Waals surface area contributed by atoms with Gasteiger partial charge in [-0.1, -0.05) is 42.5 Å². The monoisotopic (exact) mass is 341 g/mol. The smallest absolute Gasteiger partial charge is 0.250 e. The molecule has 0 aliphatic heterocycles. The molecule has 5 nitrogen and oxygen atoms in total. The van der Waals surface area contributed by atoms with Crippen LogP contribution in [0.2, 0.25) is 0 Å². The summed E-state index contributed by atoms with van der Waals surface area (Å²) in [4.78, 5) is 27.0. The summed E-state index contributed by atoms with van der Waals surface area (Å²) in [5.41, 5.74) is 2.79. The normalized spacial score (nSPS) is 11.1. The lowest BCUT2D eigenvalue weighted by Crippen LogP contribution is -2.18. The van der Waals surface area contributed by atoms with Crippen LogP contribution in [0.1, 0.15) is 19.4 Å². The molecule has 1 aromatic carbocycles. The van der Waals surface area contributed by atoms with E-state index in [0.717, 1.165) is 16.8 Å². The number of nitrogens with one attached hydrogen (secondary N) is 2. The van der Waals surface area contributed by atoms with Gasteiger partial charge in [0.2, 0.25) is 11.8 Å². The van der Waals surface area contributed by atoms with Crippen LogP contribution in [0.5, 0.6) is 0 Å². The predicted octanol–water partition coefficient (Wildman–Crippen LogP) is 3.52. The van der Waals surface area contributed by atoms with Crippen molar-refractivity contribution in [1.82, 2.24) is 10.3 Å². The van der Waals surface area contributed by atoms with E-state index in [-0.39, 0.29) is 11.8 Å². The van der Waals surface area contributed by atoms with Gasteiger partial charge in [0.25, 0.3) is 0 Å². The molecule has 0 bridgehead atoms. The molecule has 0 unspecified atom stereocenters. The van der Waals surface area contributed by atoms with Gasteiger partial charge in [-0.25, -0.2) is 4.98 Å². The quantitative estimate of drug-likeness (QED) is 0.624. The molecule has 0 aliphatic rings. The first-order valence-electron chi connectivity index (χ1n) is 7.48. The van der Waals surface area contributed by atoms with Crippen LogP contribution >= 0.6 is 11.3 Å². The molecule has 2 N–H and O–H groups in total. The molecule has 1 heterocycles. The summed E-state index contributed by atoms with van der Waals surface area (Å²) in [6, 6.07) is 7.79. The number of hydrogen-bond donors (Lipinski definition) is 2. The number of allylic oxidation sites excluding steroid dienone is 3. The number of carbonyl (C=O) groups is 2. The topological polar surface area (TPSA) is 71.1 Å². The van der Waals surface area contributed by atoms with Crippen LogP contribution in [0.15, 0.2) is 53.9 Å². The number of hydrogen-bond acceptors (Lipinski definition) is 4. The van der Waals surface area contributed by atoms with Gasteiger partial charge in [-0.3, -0.25) is 14.9 Å². The zero-order valence-electron chi connectivity index (χ0n) is 13.6. The molecule has 6 heteroatoms. The fraction of sp³-hybridized carbons (Fsp3) is 0.167. The Hall–Kier alpha value is -2.73. The Morgan fingerprint density at radius 1 is 1.21 bits per heavy atom. The molecule has 24 heavy (non-hydrogen) atoms. The fourth-order valence-corrected chi connectivity index (χ4v) is 2.61. The van der Waals surface area contributed by atoms with E-state index < -0.39 is 0 Å². The molecule has 2 rings (SSSR count). The van der Waals surface area contributed by atoms with Crippen molar-refractivity contribution in [2.45, 2.75) is 20.4 Å². The maximum absolute atomic E-state index is 11.7. The van der Waals surface area contributed by atoms with Crippen LogP contribution in [-0.2, 0) is 16.1 Å². The summed E-state index contributed by atoms with van der Waals surface area (Å²) in [5, 5.41) is 7.95. The van der Waals surface area contributed by atoms with Gasteiger partial charge in [-0.2, -0.15) is 0 Å². The third-order valence-electron chi connectivity index (χ3n) is 3.08. The molecule has 0 aliphatic carbocycles. The van der Waals surface area contributed by atoms with Gasteiger partial charge >= 0.3 is 0 Å². The minimum Gasteiger partial charge on any atom is -0.352 e. The fourth-order valence-electron chi connectivity index (χ4n) is 1.88. The summed E-state index contributed by atoms with van der Waals surface area (Å²) < 4.78 is 0. The van der Waals surface area contributed by atoms with Crippen LogP contribution in [0.3, 0.4) is 0 Å². The van der Waals surface area contributed by atoms with Crippen LogP contribution < -0.4 is 10.6 Å². The van der Waals surface area contributed by atoms with Crippen molar-refractivity contribution in [3.05, 3.63) is 59.5 Å². The van der Waals surface area contributed by atoms with E-state index in [2.05, 4.69) is 15.6 Å². The maximum Gasteiger partial charge on any atom is 0.250 e. The van der Waals surface area contributed by atoms with Crippen LogP contribution in [-0.4, -0.2) is 16.8 Å². The van der Waals surface area contributed by atoms with E-state index in [4.69, 9.17) is 0 Å². The Morgan fingerprint density at radius 3 is 2.62 bits per heavy atom. The third kappa shape index (κ3) is 5.48. The van der Waals surface area contributed by atoms with Crippen molar-refractivity contribution in [3.8, 4) is 11.3 Å². The second kappa shape index (κ2) is 8.79. The van der Waals surface area contributed by atoms with Crippen LogP contribution in [0, 0.1) is 0 Å². The zero-order chi connectivity index (χ0) is 17.4. The van der Waals surface area contributed by atoms with E-state index in [9.17, 15) is 9.59 Å². The van der Waals surface area contributed by atoms with Crippen molar-refractivity contribution in [1.29, 1.82) is 0 Å². The van der Waals surface area contributed by atoms with Gasteiger partial charge in [0.15, 0.2) is 5.13 Å². The van der Waals surface area contributed by atoms with Crippen molar-refractivity contribution >= 4 is 28.3 Å². The Balaban J connectivity index is 1.99. The van der Waals surface area contributed by atoms with Crippen molar-refractivity contribution in [2.75, 3.05) is 5.32 Å². The highest BCUT2D eigenvalue weighted by atomic mass is 32.1. The minimum absolute atomic E-state index is 0.0533. The Labute approximate surface area is 145 Å². The molecule has 0 atom stereocenters. The highest BCUT2D eigenvalue weighted by Crippen LogP contribution is 2.25. The molecule has 1 aromatic heterocycles. The standard InChI is InChI=1S/C18H19N3O2S/c1-3-4-5-6-17(23)21-18-20-16(12-24-18)15-9-7-14(8-10-15)11-19-13(2)22/h3-10,12H,11H2,1-2H3,(H,19,22)(H,20,21,23)/b4-3+,6-5+. The zero-order valence-corrected chi connectivity index (χ0v) is 14.4. The number of carbonyl (C=O) groups excluding carboxylic acids is 2. The number of amides is 2. The summed E-state index contributed by atoms with van der Waals surface area (Å²) in [6.07, 6.45) is 6.77. The van der Waals surface area contributed by atoms with Crippen LogP contribution in [0.4, 0.5) is 5.13 Å². The number of benzene rings is 1. The molecule has 0 fully saturated rings. The number of nitrogens with zero attached hydrogens (tertiary/aromatic N) is 1. The van der Waals surface area contributed by atoms with Gasteiger partial charge in [0, 0.05) is 30.5 Å². The average Bonchev–Trinajstić information content (AvgIpc) is 3.02. The van der Waals surface area contributed by atoms with Crippen molar-refractivity contribution in [2.24, 2.45) is 0 Å². The molecule has 0 radical (unpaired) electrons. The van der Waals surface area contributed by atoms with Gasteiger partial charge in [0.1, 0.15) is 0 Å². The Morgan fingerprint density at radius 2 is 1.96 bits per heavy atom. The maximum atomic E-state index is 11.7. The lowest BCUT2D eigenvalue weighted by atomic mass is 10.1. The summed E-state index contributed by atoms with van der Waals surface area (Å²) >= 11 is 1.38. The molecule has 2 aromatic rings. The molecule has 2 amide bonds. The molecule has 124 valence electrons. The predicted molar refractivity (Wildman–Crippen MR) is 97.7 cm³/mol. The molecule has 0 saturated carbocycles. The van der Waals surface area contributed by atoms with E-state index in [0.29, 0.717) is 11.7 Å². The molecular formula is C18H19N3O2S. The number of rotatable bonds is 6. The summed E-state index contributed by atoms with van der Waals surface area (Å²) in [5.74, 6) is -0.262. The highest BCUT2D eigenvalue weighted by molar-refractivity contribution is 7.14. The first-order chi connectivity index (χ1) is 11.6. The SMILES string of the molecule is C/C=C/C=C/C(=O)Nc1nc(-c2ccc(CNC(C)=O)cc2)cs1. The van der Waals surface area contributed by atoms with Crippen molar-refractivity contribution in [3.63, 3.8) is 0 Å². The first-order valence-corrected chi connectivity index (χ1v) is 8.36. The molecule has 0 spiro atoms. The van der Waals surface area contributed by atoms with Gasteiger partial charge in [-0.05, 0) is 12.5 Å². The van der Waals surface area contributed by atoms with Gasteiger partial charge < -0.3 is 5.32 Å². The Kier molecular flexibility index (Phi) is 6.45. The van der Waals surface area contributed by atoms with Crippen LogP contribution in [0.25, 0.3) is 11.3 Å². The minimum atomic E-state index is -0.209. The van der Waals surface area contributed by atoms with Gasteiger partial charge in [0.05, 0.1) is 5.69 Å². The second-order valence-electron chi connectivity index (χ2n) is 5.02. The molecule has 0 saturated heterocycles. The lowest BCUT2D eigenvalue weighted by Gasteiger charge is -2.03. The summed E-state index contributed by atoms with van der Waals surface area (Å²) in [7, 11) is 0. The van der Waals surface area contributed by atoms with E-state index in [1.54, 1.807) is 12.2 Å². The second-order valence-corrected chi connectivity index (χ2v) is 5.88. The number of aromatic nitrogens is 1. The number of thiazole rings is 1. The summed E-state index contributed by atoms with van der Waals surface area (Å²) in [6.45, 7) is 3.89. The largest absolute Gasteiger partial charge is 0.352 e. The lowest BCUT2D eigenvalue weighted by molar-refractivity contribution is -0.119. The number of anilines is 1. The van der Waals surface area contributed by atoms with Crippen molar-refractivity contribution < 1.29 is 9.59 Å². The molecular weight excluding hydrogens is 322 g/mol. The average molecular weight is 341 g/mol. The van der Waals surface area contributed by atoms with E-state index >= 15 is 0 Å². The highest BCUT2D eigenvalue weighted by Gasteiger charge is 2.06. The van der Waals surface area contributed by atoms with Gasteiger partial charge in [-0.15, -0.1) is 11.3 Å². The third-order valence-corrected chi connectivity index (χ3v) is 3.83.